The van der Waals surface area contributed by atoms with Crippen LogP contribution in [-0.4, -0.2) is 58.1 Å². The van der Waals surface area contributed by atoms with Gasteiger partial charge in [-0.3, -0.25) is 9.69 Å². The van der Waals surface area contributed by atoms with Gasteiger partial charge in [0, 0.05) is 43.5 Å². The first-order valence-corrected chi connectivity index (χ1v) is 8.17. The molecule has 1 aliphatic rings. The molecule has 0 bridgehead atoms. The van der Waals surface area contributed by atoms with E-state index < -0.39 is 0 Å². The number of nitrogens with zero attached hydrogens (tertiary/aromatic N) is 4. The molecule has 7 heteroatoms. The SMILES string of the molecule is CCc1cc(NCCN2CCNC(=O)C2)n2nc(C)c(C)c2n1. The fourth-order valence-electron chi connectivity index (χ4n) is 2.81. The summed E-state index contributed by atoms with van der Waals surface area (Å²) in [4.78, 5) is 18.2. The topological polar surface area (TPSA) is 74.6 Å². The molecule has 7 nitrogen and oxygen atoms in total. The molecule has 0 atom stereocenters. The number of aromatic nitrogens is 3. The van der Waals surface area contributed by atoms with Gasteiger partial charge in [-0.25, -0.2) is 4.98 Å². The highest BCUT2D eigenvalue weighted by Gasteiger charge is 2.16. The Hall–Kier alpha value is -2.15. The van der Waals surface area contributed by atoms with E-state index in [4.69, 9.17) is 0 Å². The second-order valence-electron chi connectivity index (χ2n) is 5.98. The van der Waals surface area contributed by atoms with Crippen molar-refractivity contribution in [1.82, 2.24) is 24.8 Å². The molecule has 124 valence electrons. The van der Waals surface area contributed by atoms with Gasteiger partial charge in [0.25, 0.3) is 0 Å². The summed E-state index contributed by atoms with van der Waals surface area (Å²) in [5.74, 6) is 1.07. The van der Waals surface area contributed by atoms with Gasteiger partial charge >= 0.3 is 0 Å². The van der Waals surface area contributed by atoms with Crippen molar-refractivity contribution in [3.8, 4) is 0 Å². The minimum absolute atomic E-state index is 0.106. The van der Waals surface area contributed by atoms with E-state index in [-0.39, 0.29) is 5.91 Å². The number of amides is 1. The van der Waals surface area contributed by atoms with Crippen LogP contribution in [0.15, 0.2) is 6.07 Å². The Bertz CT molecular complexity index is 723. The smallest absolute Gasteiger partial charge is 0.234 e. The zero-order valence-electron chi connectivity index (χ0n) is 14.0. The van der Waals surface area contributed by atoms with E-state index >= 15 is 0 Å². The van der Waals surface area contributed by atoms with Crippen molar-refractivity contribution in [3.05, 3.63) is 23.0 Å². The average molecular weight is 316 g/mol. The lowest BCUT2D eigenvalue weighted by Crippen LogP contribution is -2.48. The molecule has 0 radical (unpaired) electrons. The molecule has 0 aliphatic carbocycles. The number of nitrogens with one attached hydrogen (secondary N) is 2. The van der Waals surface area contributed by atoms with Gasteiger partial charge in [-0.1, -0.05) is 6.92 Å². The van der Waals surface area contributed by atoms with Crippen LogP contribution < -0.4 is 10.6 Å². The van der Waals surface area contributed by atoms with Gasteiger partial charge in [0.05, 0.1) is 12.2 Å². The van der Waals surface area contributed by atoms with Crippen molar-refractivity contribution < 1.29 is 4.79 Å². The maximum Gasteiger partial charge on any atom is 0.234 e. The lowest BCUT2D eigenvalue weighted by molar-refractivity contribution is -0.124. The summed E-state index contributed by atoms with van der Waals surface area (Å²) in [6.45, 7) is 9.88. The second-order valence-corrected chi connectivity index (χ2v) is 5.98. The van der Waals surface area contributed by atoms with Gasteiger partial charge in [0.1, 0.15) is 5.82 Å². The predicted octanol–water partition coefficient (Wildman–Crippen LogP) is 0.752. The number of hydrogen-bond donors (Lipinski definition) is 2. The molecule has 1 saturated heterocycles. The molecule has 3 heterocycles. The zero-order valence-corrected chi connectivity index (χ0v) is 14.0. The number of carbonyl (C=O) groups excluding carboxylic acids is 1. The van der Waals surface area contributed by atoms with Gasteiger partial charge in [0.2, 0.25) is 5.91 Å². The number of anilines is 1. The summed E-state index contributed by atoms with van der Waals surface area (Å²) >= 11 is 0. The Morgan fingerprint density at radius 3 is 2.96 bits per heavy atom. The van der Waals surface area contributed by atoms with Crippen LogP contribution in [0.4, 0.5) is 5.82 Å². The van der Waals surface area contributed by atoms with Gasteiger partial charge in [0.15, 0.2) is 5.65 Å². The van der Waals surface area contributed by atoms with Crippen molar-refractivity contribution in [1.29, 1.82) is 0 Å². The first-order chi connectivity index (χ1) is 11.1. The molecule has 0 saturated carbocycles. The summed E-state index contributed by atoms with van der Waals surface area (Å²) in [7, 11) is 0. The van der Waals surface area contributed by atoms with Crippen LogP contribution in [0.2, 0.25) is 0 Å². The van der Waals surface area contributed by atoms with Crippen molar-refractivity contribution in [2.24, 2.45) is 0 Å². The number of piperazine rings is 1. The highest BCUT2D eigenvalue weighted by atomic mass is 16.2. The average Bonchev–Trinajstić information content (AvgIpc) is 2.83. The van der Waals surface area contributed by atoms with Crippen molar-refractivity contribution >= 4 is 17.4 Å². The van der Waals surface area contributed by atoms with Crippen LogP contribution >= 0.6 is 0 Å². The van der Waals surface area contributed by atoms with E-state index in [0.717, 1.165) is 61.0 Å². The molecule has 2 N–H and O–H groups in total. The third-order valence-electron chi connectivity index (χ3n) is 4.32. The van der Waals surface area contributed by atoms with Gasteiger partial charge in [-0.05, 0) is 20.3 Å². The van der Waals surface area contributed by atoms with Crippen molar-refractivity contribution in [2.45, 2.75) is 27.2 Å². The number of hydrogen-bond acceptors (Lipinski definition) is 5. The van der Waals surface area contributed by atoms with Crippen LogP contribution in [0.25, 0.3) is 5.65 Å². The van der Waals surface area contributed by atoms with E-state index in [1.54, 1.807) is 0 Å². The summed E-state index contributed by atoms with van der Waals surface area (Å²) in [6.07, 6.45) is 0.890. The van der Waals surface area contributed by atoms with Crippen LogP contribution in [0, 0.1) is 13.8 Å². The van der Waals surface area contributed by atoms with Gasteiger partial charge < -0.3 is 10.6 Å². The van der Waals surface area contributed by atoms with E-state index in [2.05, 4.69) is 45.5 Å². The lowest BCUT2D eigenvalue weighted by atomic mass is 10.2. The largest absolute Gasteiger partial charge is 0.369 e. The molecule has 2 aromatic heterocycles. The number of carbonyl (C=O) groups is 1. The molecular formula is C16H24N6O. The van der Waals surface area contributed by atoms with E-state index in [9.17, 15) is 4.79 Å². The number of rotatable bonds is 5. The van der Waals surface area contributed by atoms with Crippen LogP contribution in [0.5, 0.6) is 0 Å². The van der Waals surface area contributed by atoms with Crippen LogP contribution in [0.1, 0.15) is 23.9 Å². The first kappa shape index (κ1) is 15.7. The second kappa shape index (κ2) is 6.54. The normalized spacial score (nSPS) is 15.9. The maximum absolute atomic E-state index is 11.4. The molecule has 1 amide bonds. The first-order valence-electron chi connectivity index (χ1n) is 8.17. The quantitative estimate of drug-likeness (QED) is 0.851. The lowest BCUT2D eigenvalue weighted by Gasteiger charge is -2.26. The monoisotopic (exact) mass is 316 g/mol. The Balaban J connectivity index is 1.74. The zero-order chi connectivity index (χ0) is 16.4. The molecule has 1 aliphatic heterocycles. The predicted molar refractivity (Wildman–Crippen MR) is 89.8 cm³/mol. The Morgan fingerprint density at radius 1 is 1.39 bits per heavy atom. The molecule has 0 spiro atoms. The standard InChI is InChI=1S/C16H24N6O/c1-4-13-9-14(22-16(19-13)11(2)12(3)20-22)17-5-7-21-8-6-18-15(23)10-21/h9,17H,4-8,10H2,1-3H3,(H,18,23). The Morgan fingerprint density at radius 2 is 2.22 bits per heavy atom. The van der Waals surface area contributed by atoms with Gasteiger partial charge in [-0.2, -0.15) is 9.61 Å². The summed E-state index contributed by atoms with van der Waals surface area (Å²) in [5.41, 5.74) is 4.10. The maximum atomic E-state index is 11.4. The number of fused-ring (bicyclic) bond motifs is 1. The summed E-state index contributed by atoms with van der Waals surface area (Å²) in [6, 6.07) is 2.06. The molecule has 0 aromatic carbocycles. The highest BCUT2D eigenvalue weighted by Crippen LogP contribution is 2.18. The van der Waals surface area contributed by atoms with Crippen molar-refractivity contribution in [2.75, 3.05) is 38.0 Å². The molecule has 3 rings (SSSR count). The third kappa shape index (κ3) is 3.29. The molecule has 1 fully saturated rings. The minimum Gasteiger partial charge on any atom is -0.369 e. The van der Waals surface area contributed by atoms with Gasteiger partial charge in [-0.15, -0.1) is 0 Å². The van der Waals surface area contributed by atoms with E-state index in [0.29, 0.717) is 6.54 Å². The molecule has 2 aromatic rings. The Kier molecular flexibility index (Phi) is 4.47. The molecule has 23 heavy (non-hydrogen) atoms. The summed E-state index contributed by atoms with van der Waals surface area (Å²) < 4.78 is 1.88. The van der Waals surface area contributed by atoms with E-state index in [1.807, 2.05) is 11.4 Å². The number of aryl methyl sites for hydroxylation is 3. The molecular weight excluding hydrogens is 292 g/mol. The summed E-state index contributed by atoms with van der Waals surface area (Å²) in [5, 5.41) is 10.9. The van der Waals surface area contributed by atoms with Crippen LogP contribution in [-0.2, 0) is 11.2 Å². The fraction of sp³-hybridized carbons (Fsp3) is 0.562. The molecule has 0 unspecified atom stereocenters. The fourth-order valence-corrected chi connectivity index (χ4v) is 2.81. The highest BCUT2D eigenvalue weighted by molar-refractivity contribution is 5.78. The third-order valence-corrected chi connectivity index (χ3v) is 4.32. The van der Waals surface area contributed by atoms with Crippen molar-refractivity contribution in [3.63, 3.8) is 0 Å². The van der Waals surface area contributed by atoms with Crippen LogP contribution in [0.3, 0.4) is 0 Å². The van der Waals surface area contributed by atoms with E-state index in [1.165, 1.54) is 0 Å². The Labute approximate surface area is 136 Å². The minimum atomic E-state index is 0.106.